The molecule has 0 heterocycles. The zero-order valence-electron chi connectivity index (χ0n) is 16.1. The number of phenolic OH excluding ortho intramolecular Hbond substituents is 2. The minimum absolute atomic E-state index is 0.109. The van der Waals surface area contributed by atoms with Crippen molar-refractivity contribution in [3.8, 4) is 11.5 Å². The minimum atomic E-state index is -1.25. The number of halogens is 4. The summed E-state index contributed by atoms with van der Waals surface area (Å²) >= 11 is 26.3. The molecule has 2 aromatic rings. The highest BCUT2D eigenvalue weighted by Gasteiger charge is 2.36. The number of phenols is 2. The van der Waals surface area contributed by atoms with Crippen molar-refractivity contribution in [1.82, 2.24) is 0 Å². The summed E-state index contributed by atoms with van der Waals surface area (Å²) in [5.41, 5.74) is -1.25. The Morgan fingerprint density at radius 3 is 1.73 bits per heavy atom. The van der Waals surface area contributed by atoms with Crippen LogP contribution in [-0.2, 0) is 4.79 Å². The van der Waals surface area contributed by atoms with Crippen LogP contribution in [0.25, 0.3) is 0 Å². The van der Waals surface area contributed by atoms with Gasteiger partial charge in [-0.25, -0.2) is 0 Å². The second-order valence-corrected chi connectivity index (χ2v) is 10.4. The number of aliphatic hydroxyl groups is 1. The van der Waals surface area contributed by atoms with Gasteiger partial charge < -0.3 is 15.3 Å². The zero-order chi connectivity index (χ0) is 22.6. The molecule has 3 N–H and O–H groups in total. The quantitative estimate of drug-likeness (QED) is 0.305. The van der Waals surface area contributed by atoms with E-state index in [1.165, 1.54) is 35.7 Å². The summed E-state index contributed by atoms with van der Waals surface area (Å²) in [6.45, 7) is 3.51. The molecule has 0 fully saturated rings. The van der Waals surface area contributed by atoms with Gasteiger partial charge in [0.15, 0.2) is 11.5 Å². The molecule has 30 heavy (non-hydrogen) atoms. The van der Waals surface area contributed by atoms with Crippen molar-refractivity contribution in [3.05, 3.63) is 44.4 Å². The van der Waals surface area contributed by atoms with Gasteiger partial charge in [0.2, 0.25) is 0 Å². The Morgan fingerprint density at radius 2 is 1.33 bits per heavy atom. The fraction of sp³-hybridized carbons (Fsp3) is 0.350. The number of aromatic hydroxyl groups is 2. The lowest BCUT2D eigenvalue weighted by Gasteiger charge is -2.32. The first-order chi connectivity index (χ1) is 14.0. The van der Waals surface area contributed by atoms with Crippen LogP contribution in [0.3, 0.4) is 0 Å². The third kappa shape index (κ3) is 6.28. The number of hydrogen-bond donors (Lipinski definition) is 3. The number of ketones is 1. The Kier molecular flexibility index (Phi) is 9.37. The van der Waals surface area contributed by atoms with E-state index in [2.05, 4.69) is 0 Å². The molecule has 2 atom stereocenters. The highest BCUT2D eigenvalue weighted by Crippen LogP contribution is 2.39. The standard InChI is InChI=1S/C20H20Cl4O4S2/c1-3-20(28,9-30-12-6-15(23)19(27)16(24)7-12)10(2)17(25)8-29-11-4-13(21)18(26)14(22)5-11/h4-7,10,26-28H,3,8-9H2,1-2H3. The lowest BCUT2D eigenvalue weighted by molar-refractivity contribution is -0.127. The Balaban J connectivity index is 2.04. The predicted octanol–water partition coefficient (Wildman–Crippen LogP) is 6.94. The summed E-state index contributed by atoms with van der Waals surface area (Å²) in [6, 6.07) is 6.19. The summed E-state index contributed by atoms with van der Waals surface area (Å²) in [4.78, 5) is 14.1. The highest BCUT2D eigenvalue weighted by atomic mass is 35.5. The molecule has 0 aliphatic carbocycles. The molecule has 2 aromatic carbocycles. The van der Waals surface area contributed by atoms with Crippen molar-refractivity contribution in [3.63, 3.8) is 0 Å². The van der Waals surface area contributed by atoms with Gasteiger partial charge in [-0.2, -0.15) is 0 Å². The van der Waals surface area contributed by atoms with E-state index in [1.807, 2.05) is 6.92 Å². The fourth-order valence-corrected chi connectivity index (χ4v) is 6.04. The largest absolute Gasteiger partial charge is 0.505 e. The van der Waals surface area contributed by atoms with Crippen LogP contribution in [0.1, 0.15) is 20.3 Å². The summed E-state index contributed by atoms with van der Waals surface area (Å²) in [7, 11) is 0. The molecule has 0 spiro atoms. The summed E-state index contributed by atoms with van der Waals surface area (Å²) in [5, 5.41) is 30.9. The van der Waals surface area contributed by atoms with Gasteiger partial charge in [-0.1, -0.05) is 60.3 Å². The summed E-state index contributed by atoms with van der Waals surface area (Å²) < 4.78 is 0. The van der Waals surface area contributed by atoms with E-state index >= 15 is 0 Å². The van der Waals surface area contributed by atoms with E-state index < -0.39 is 11.5 Å². The molecule has 0 aliphatic heterocycles. The van der Waals surface area contributed by atoms with Crippen LogP contribution in [0, 0.1) is 5.92 Å². The van der Waals surface area contributed by atoms with E-state index in [9.17, 15) is 20.1 Å². The molecule has 10 heteroatoms. The molecule has 0 saturated carbocycles. The van der Waals surface area contributed by atoms with Gasteiger partial charge in [-0.3, -0.25) is 4.79 Å². The van der Waals surface area contributed by atoms with Gasteiger partial charge in [0.25, 0.3) is 0 Å². The maximum atomic E-state index is 12.7. The number of benzene rings is 2. The molecule has 164 valence electrons. The van der Waals surface area contributed by atoms with E-state index in [0.29, 0.717) is 16.2 Å². The molecule has 0 aliphatic rings. The third-order valence-electron chi connectivity index (χ3n) is 4.75. The molecule has 0 saturated heterocycles. The van der Waals surface area contributed by atoms with Gasteiger partial charge in [0, 0.05) is 21.5 Å². The third-order valence-corrected chi connectivity index (χ3v) is 8.12. The average Bonchev–Trinajstić information content (AvgIpc) is 2.71. The number of carbonyl (C=O) groups is 1. The Morgan fingerprint density at radius 1 is 0.933 bits per heavy atom. The van der Waals surface area contributed by atoms with Crippen molar-refractivity contribution in [2.24, 2.45) is 5.92 Å². The van der Waals surface area contributed by atoms with E-state index in [4.69, 9.17) is 46.4 Å². The van der Waals surface area contributed by atoms with E-state index in [1.54, 1.807) is 19.1 Å². The van der Waals surface area contributed by atoms with Gasteiger partial charge in [0.1, 0.15) is 5.78 Å². The SMILES string of the molecule is CCC(O)(CSc1cc(Cl)c(O)c(Cl)c1)C(C)C(=O)CSc1cc(Cl)c(O)c(Cl)c1. The van der Waals surface area contributed by atoms with E-state index in [-0.39, 0.29) is 48.9 Å². The Hall–Kier alpha value is -0.470. The van der Waals surface area contributed by atoms with Gasteiger partial charge in [-0.05, 0) is 30.7 Å². The Bertz CT molecular complexity index is 895. The van der Waals surface area contributed by atoms with Crippen molar-refractivity contribution in [1.29, 1.82) is 0 Å². The van der Waals surface area contributed by atoms with Gasteiger partial charge >= 0.3 is 0 Å². The fourth-order valence-electron chi connectivity index (χ4n) is 2.57. The molecule has 4 nitrogen and oxygen atoms in total. The van der Waals surface area contributed by atoms with Crippen LogP contribution in [-0.4, -0.2) is 38.2 Å². The zero-order valence-corrected chi connectivity index (χ0v) is 20.7. The topological polar surface area (TPSA) is 77.8 Å². The van der Waals surface area contributed by atoms with Crippen LogP contribution in [0.5, 0.6) is 11.5 Å². The minimum Gasteiger partial charge on any atom is -0.505 e. The second-order valence-electron chi connectivity index (χ2n) is 6.69. The maximum absolute atomic E-state index is 12.7. The van der Waals surface area contributed by atoms with Crippen molar-refractivity contribution >= 4 is 75.7 Å². The summed E-state index contributed by atoms with van der Waals surface area (Å²) in [5.74, 6) is -0.795. The lowest BCUT2D eigenvalue weighted by Crippen LogP contribution is -2.43. The molecular formula is C20H20Cl4O4S2. The lowest BCUT2D eigenvalue weighted by atomic mass is 9.85. The number of thioether (sulfide) groups is 2. The number of Topliss-reactive ketones (excluding diaryl/α,β-unsaturated/α-hetero) is 1. The van der Waals surface area contributed by atoms with Gasteiger partial charge in [0.05, 0.1) is 31.4 Å². The summed E-state index contributed by atoms with van der Waals surface area (Å²) in [6.07, 6.45) is 0.369. The number of hydrogen-bond acceptors (Lipinski definition) is 6. The van der Waals surface area contributed by atoms with Crippen molar-refractivity contribution in [2.75, 3.05) is 11.5 Å². The van der Waals surface area contributed by atoms with Crippen molar-refractivity contribution < 1.29 is 20.1 Å². The average molecular weight is 530 g/mol. The van der Waals surface area contributed by atoms with Gasteiger partial charge in [-0.15, -0.1) is 23.5 Å². The predicted molar refractivity (Wildman–Crippen MR) is 127 cm³/mol. The van der Waals surface area contributed by atoms with Crippen LogP contribution < -0.4 is 0 Å². The Labute approximate surface area is 203 Å². The molecular weight excluding hydrogens is 510 g/mol. The van der Waals surface area contributed by atoms with Crippen LogP contribution >= 0.6 is 69.9 Å². The molecule has 0 aromatic heterocycles. The first kappa shape index (κ1) is 25.8. The van der Waals surface area contributed by atoms with Crippen LogP contribution in [0.2, 0.25) is 20.1 Å². The molecule has 2 unspecified atom stereocenters. The molecule has 0 radical (unpaired) electrons. The second kappa shape index (κ2) is 10.9. The normalized spacial score (nSPS) is 14.4. The first-order valence-electron chi connectivity index (χ1n) is 8.85. The van der Waals surface area contributed by atoms with Crippen molar-refractivity contribution in [2.45, 2.75) is 35.7 Å². The van der Waals surface area contributed by atoms with Crippen LogP contribution in [0.15, 0.2) is 34.1 Å². The molecule has 2 rings (SSSR count). The van der Waals surface area contributed by atoms with E-state index in [0.717, 1.165) is 0 Å². The first-order valence-corrected chi connectivity index (χ1v) is 12.3. The number of rotatable bonds is 9. The molecule has 0 amide bonds. The smallest absolute Gasteiger partial charge is 0.152 e. The molecule has 0 bridgehead atoms. The van der Waals surface area contributed by atoms with Crippen LogP contribution in [0.4, 0.5) is 0 Å². The monoisotopic (exact) mass is 528 g/mol. The maximum Gasteiger partial charge on any atom is 0.152 e. The number of carbonyl (C=O) groups excluding carboxylic acids is 1. The highest BCUT2D eigenvalue weighted by molar-refractivity contribution is 8.00.